The van der Waals surface area contributed by atoms with E-state index in [9.17, 15) is 27.5 Å². The number of aliphatic hydroxyl groups is 1. The Labute approximate surface area is 139 Å². The zero-order valence-corrected chi connectivity index (χ0v) is 12.9. The van der Waals surface area contributed by atoms with Crippen LogP contribution in [-0.4, -0.2) is 38.7 Å². The van der Waals surface area contributed by atoms with Crippen LogP contribution in [0.4, 0.5) is 17.6 Å². The zero-order valence-electron chi connectivity index (χ0n) is 12.9. The average molecular weight is 359 g/mol. The Morgan fingerprint density at radius 2 is 2.12 bits per heavy atom. The summed E-state index contributed by atoms with van der Waals surface area (Å²) >= 11 is 0. The van der Waals surface area contributed by atoms with E-state index < -0.39 is 41.1 Å². The van der Waals surface area contributed by atoms with E-state index in [0.29, 0.717) is 18.2 Å². The number of carbonyl (C=O) groups is 1. The number of aromatic nitrogens is 2. The van der Waals surface area contributed by atoms with Crippen LogP contribution in [0.5, 0.6) is 0 Å². The molecule has 0 spiro atoms. The highest BCUT2D eigenvalue weighted by Gasteiger charge is 2.39. The fourth-order valence-corrected chi connectivity index (χ4v) is 2.82. The monoisotopic (exact) mass is 359 g/mol. The Morgan fingerprint density at radius 3 is 2.76 bits per heavy atom. The van der Waals surface area contributed by atoms with Gasteiger partial charge in [0.15, 0.2) is 0 Å². The molecule has 1 N–H and O–H groups in total. The fraction of sp³-hybridized carbons (Fsp3) is 0.400. The average Bonchev–Trinajstić information content (AvgIpc) is 3.12. The van der Waals surface area contributed by atoms with Crippen molar-refractivity contribution < 1.29 is 32.0 Å². The minimum Gasteiger partial charge on any atom is -0.391 e. The molecule has 1 saturated heterocycles. The first-order chi connectivity index (χ1) is 11.7. The summed E-state index contributed by atoms with van der Waals surface area (Å²) < 4.78 is 57.7. The molecule has 0 aliphatic carbocycles. The summed E-state index contributed by atoms with van der Waals surface area (Å²) in [6.07, 6.45) is -5.40. The number of hydrogen-bond acceptors (Lipinski definition) is 5. The Bertz CT molecular complexity index is 806. The van der Waals surface area contributed by atoms with Gasteiger partial charge in [-0.1, -0.05) is 5.16 Å². The standard InChI is InChI=1S/C15H13F4N3O3/c1-7(23)22-6-9(24)5-12(22)14-20-13(21-25-14)10-4-8(16)2-3-11(10)15(17,18)19/h2-4,9,12,24H,5-6H2,1H3/t9-,12+/m0/s1. The summed E-state index contributed by atoms with van der Waals surface area (Å²) in [6.45, 7) is 1.35. The molecule has 10 heteroatoms. The van der Waals surface area contributed by atoms with Crippen molar-refractivity contribution >= 4 is 5.91 Å². The van der Waals surface area contributed by atoms with Gasteiger partial charge in [0.1, 0.15) is 11.9 Å². The van der Waals surface area contributed by atoms with Crippen LogP contribution < -0.4 is 0 Å². The molecule has 3 rings (SSSR count). The maximum atomic E-state index is 13.4. The quantitative estimate of drug-likeness (QED) is 0.834. The topological polar surface area (TPSA) is 79.5 Å². The van der Waals surface area contributed by atoms with Gasteiger partial charge in [0.25, 0.3) is 0 Å². The maximum Gasteiger partial charge on any atom is 0.417 e. The number of halogens is 4. The van der Waals surface area contributed by atoms with E-state index in [1.807, 2.05) is 0 Å². The third-order valence-corrected chi connectivity index (χ3v) is 3.94. The maximum absolute atomic E-state index is 13.4. The lowest BCUT2D eigenvalue weighted by molar-refractivity contribution is -0.137. The largest absolute Gasteiger partial charge is 0.417 e. The predicted molar refractivity (Wildman–Crippen MR) is 75.4 cm³/mol. The summed E-state index contributed by atoms with van der Waals surface area (Å²) in [5.41, 5.74) is -1.66. The van der Waals surface area contributed by atoms with Crippen molar-refractivity contribution in [3.05, 3.63) is 35.5 Å². The van der Waals surface area contributed by atoms with Gasteiger partial charge >= 0.3 is 6.18 Å². The van der Waals surface area contributed by atoms with Crippen molar-refractivity contribution in [2.75, 3.05) is 6.54 Å². The van der Waals surface area contributed by atoms with Crippen LogP contribution in [0.2, 0.25) is 0 Å². The molecule has 1 aliphatic heterocycles. The molecule has 0 radical (unpaired) electrons. The van der Waals surface area contributed by atoms with E-state index in [1.165, 1.54) is 11.8 Å². The van der Waals surface area contributed by atoms with Crippen molar-refractivity contribution in [3.63, 3.8) is 0 Å². The van der Waals surface area contributed by atoms with Crippen molar-refractivity contribution in [1.82, 2.24) is 15.0 Å². The third-order valence-electron chi connectivity index (χ3n) is 3.94. The number of carbonyl (C=O) groups excluding carboxylic acids is 1. The molecular weight excluding hydrogens is 346 g/mol. The van der Waals surface area contributed by atoms with Crippen LogP contribution >= 0.6 is 0 Å². The number of amides is 1. The molecule has 6 nitrogen and oxygen atoms in total. The summed E-state index contributed by atoms with van der Waals surface area (Å²) in [4.78, 5) is 16.8. The highest BCUT2D eigenvalue weighted by molar-refractivity contribution is 5.74. The lowest BCUT2D eigenvalue weighted by Crippen LogP contribution is -2.29. The van der Waals surface area contributed by atoms with E-state index in [0.717, 1.165) is 0 Å². The van der Waals surface area contributed by atoms with Gasteiger partial charge in [-0.15, -0.1) is 0 Å². The highest BCUT2D eigenvalue weighted by atomic mass is 19.4. The smallest absolute Gasteiger partial charge is 0.391 e. The van der Waals surface area contributed by atoms with Crippen LogP contribution in [0.1, 0.15) is 30.8 Å². The number of alkyl halides is 3. The van der Waals surface area contributed by atoms with E-state index in [1.54, 1.807) is 0 Å². The van der Waals surface area contributed by atoms with Gasteiger partial charge in [-0.3, -0.25) is 4.79 Å². The molecule has 1 amide bonds. The highest BCUT2D eigenvalue weighted by Crippen LogP contribution is 2.38. The molecule has 0 saturated carbocycles. The van der Waals surface area contributed by atoms with Crippen molar-refractivity contribution in [2.24, 2.45) is 0 Å². The SMILES string of the molecule is CC(=O)N1C[C@@H](O)C[C@@H]1c1nc(-c2cc(F)ccc2C(F)(F)F)no1. The van der Waals surface area contributed by atoms with Gasteiger partial charge in [-0.2, -0.15) is 18.2 Å². The number of nitrogens with zero attached hydrogens (tertiary/aromatic N) is 3. The second-order valence-electron chi connectivity index (χ2n) is 5.72. The van der Waals surface area contributed by atoms with Crippen LogP contribution in [0.25, 0.3) is 11.4 Å². The number of likely N-dealkylation sites (tertiary alicyclic amines) is 1. The molecule has 1 aromatic carbocycles. The Kier molecular flexibility index (Phi) is 4.23. The Hall–Kier alpha value is -2.49. The summed E-state index contributed by atoms with van der Waals surface area (Å²) in [6, 6.07) is 1.22. The Balaban J connectivity index is 2.00. The minimum atomic E-state index is -4.72. The van der Waals surface area contributed by atoms with Crippen molar-refractivity contribution in [1.29, 1.82) is 0 Å². The number of β-amino-alcohol motifs (C(OH)–C–C–N with tert-alkyl or cyclic N) is 1. The summed E-state index contributed by atoms with van der Waals surface area (Å²) in [7, 11) is 0. The lowest BCUT2D eigenvalue weighted by atomic mass is 10.1. The first-order valence-corrected chi connectivity index (χ1v) is 7.33. The molecule has 0 unspecified atom stereocenters. The van der Waals surface area contributed by atoms with Gasteiger partial charge in [-0.05, 0) is 18.2 Å². The lowest BCUT2D eigenvalue weighted by Gasteiger charge is -2.19. The molecule has 2 atom stereocenters. The normalized spacial score (nSPS) is 21.0. The van der Waals surface area contributed by atoms with E-state index in [-0.39, 0.29) is 24.8 Å². The summed E-state index contributed by atoms with van der Waals surface area (Å²) in [5, 5.41) is 13.2. The van der Waals surface area contributed by atoms with Crippen LogP contribution in [0, 0.1) is 5.82 Å². The van der Waals surface area contributed by atoms with Gasteiger partial charge < -0.3 is 14.5 Å². The zero-order chi connectivity index (χ0) is 18.4. The third kappa shape index (κ3) is 3.34. The van der Waals surface area contributed by atoms with E-state index in [2.05, 4.69) is 10.1 Å². The number of hydrogen-bond donors (Lipinski definition) is 1. The molecule has 0 bridgehead atoms. The fourth-order valence-electron chi connectivity index (χ4n) is 2.82. The van der Waals surface area contributed by atoms with E-state index >= 15 is 0 Å². The minimum absolute atomic E-state index is 0.0610. The van der Waals surface area contributed by atoms with Crippen LogP contribution in [0.15, 0.2) is 22.7 Å². The molecule has 1 aromatic heterocycles. The van der Waals surface area contributed by atoms with Crippen molar-refractivity contribution in [2.45, 2.75) is 31.7 Å². The first kappa shape index (κ1) is 17.3. The second kappa shape index (κ2) is 6.10. The number of benzene rings is 1. The molecular formula is C15H13F4N3O3. The molecule has 134 valence electrons. The number of rotatable bonds is 2. The van der Waals surface area contributed by atoms with E-state index in [4.69, 9.17) is 4.52 Å². The Morgan fingerprint density at radius 1 is 1.40 bits per heavy atom. The predicted octanol–water partition coefficient (Wildman–Crippen LogP) is 2.55. The molecule has 1 aliphatic rings. The molecule has 2 heterocycles. The molecule has 25 heavy (non-hydrogen) atoms. The van der Waals surface area contributed by atoms with Crippen LogP contribution in [-0.2, 0) is 11.0 Å². The number of aliphatic hydroxyl groups excluding tert-OH is 1. The van der Waals surface area contributed by atoms with Gasteiger partial charge in [-0.25, -0.2) is 4.39 Å². The van der Waals surface area contributed by atoms with Crippen molar-refractivity contribution in [3.8, 4) is 11.4 Å². The second-order valence-corrected chi connectivity index (χ2v) is 5.72. The molecule has 1 fully saturated rings. The molecule has 2 aromatic rings. The first-order valence-electron chi connectivity index (χ1n) is 7.33. The summed E-state index contributed by atoms with van der Waals surface area (Å²) in [5.74, 6) is -1.77. The van der Waals surface area contributed by atoms with Gasteiger partial charge in [0.05, 0.1) is 11.7 Å². The van der Waals surface area contributed by atoms with Gasteiger partial charge in [0, 0.05) is 25.5 Å². The van der Waals surface area contributed by atoms with Gasteiger partial charge in [0.2, 0.25) is 17.6 Å². The van der Waals surface area contributed by atoms with Crippen LogP contribution in [0.3, 0.4) is 0 Å².